The first-order valence-corrected chi connectivity index (χ1v) is 6.43. The average Bonchev–Trinajstić information content (AvgIpc) is 2.16. The van der Waals surface area contributed by atoms with E-state index in [1.165, 1.54) is 0 Å². The molecule has 1 unspecified atom stereocenters. The van der Waals surface area contributed by atoms with E-state index in [0.717, 1.165) is 0 Å². The van der Waals surface area contributed by atoms with E-state index in [1.807, 2.05) is 11.0 Å². The molecule has 0 aliphatic carbocycles. The van der Waals surface area contributed by atoms with Crippen molar-refractivity contribution in [3.63, 3.8) is 0 Å². The average molecular weight is 217 g/mol. The van der Waals surface area contributed by atoms with Gasteiger partial charge in [-0.05, 0) is 6.42 Å². The van der Waals surface area contributed by atoms with E-state index < -0.39 is 15.9 Å². The van der Waals surface area contributed by atoms with Crippen molar-refractivity contribution in [2.45, 2.75) is 12.5 Å². The molecule has 1 rings (SSSR count). The molecule has 1 aliphatic rings. The zero-order chi connectivity index (χ0) is 10.6. The number of hydrogen-bond acceptors (Lipinski definition) is 5. The minimum atomic E-state index is -2.80. The molecule has 0 amide bonds. The van der Waals surface area contributed by atoms with Crippen LogP contribution in [0, 0.1) is 11.3 Å². The van der Waals surface area contributed by atoms with Crippen molar-refractivity contribution in [2.75, 3.05) is 31.1 Å². The Kier molecular flexibility index (Phi) is 3.86. The van der Waals surface area contributed by atoms with Crippen LogP contribution in [0.5, 0.6) is 0 Å². The molecular formula is C8H15N3O2S. The van der Waals surface area contributed by atoms with E-state index in [4.69, 9.17) is 11.0 Å². The van der Waals surface area contributed by atoms with Gasteiger partial charge >= 0.3 is 0 Å². The van der Waals surface area contributed by atoms with Crippen LogP contribution in [0.15, 0.2) is 0 Å². The molecule has 0 aromatic rings. The summed E-state index contributed by atoms with van der Waals surface area (Å²) in [6.07, 6.45) is 0.608. The van der Waals surface area contributed by atoms with Gasteiger partial charge in [-0.2, -0.15) is 5.26 Å². The van der Waals surface area contributed by atoms with Crippen LogP contribution in [-0.2, 0) is 9.84 Å². The monoisotopic (exact) mass is 217 g/mol. The first kappa shape index (κ1) is 11.4. The van der Waals surface area contributed by atoms with Crippen LogP contribution in [0.25, 0.3) is 0 Å². The van der Waals surface area contributed by atoms with Gasteiger partial charge in [-0.25, -0.2) is 8.42 Å². The summed E-state index contributed by atoms with van der Waals surface area (Å²) in [7, 11) is -2.80. The Labute approximate surface area is 84.4 Å². The van der Waals surface area contributed by atoms with Gasteiger partial charge in [0.15, 0.2) is 9.84 Å². The predicted molar refractivity (Wildman–Crippen MR) is 53.3 cm³/mol. The predicted octanol–water partition coefficient (Wildman–Crippen LogP) is -1.04. The maximum absolute atomic E-state index is 11.1. The highest BCUT2D eigenvalue weighted by atomic mass is 32.2. The zero-order valence-corrected chi connectivity index (χ0v) is 8.83. The van der Waals surface area contributed by atoms with E-state index in [2.05, 4.69) is 0 Å². The highest BCUT2D eigenvalue weighted by Gasteiger charge is 2.21. The molecule has 0 saturated carbocycles. The molecule has 14 heavy (non-hydrogen) atoms. The molecule has 5 nitrogen and oxygen atoms in total. The minimum Gasteiger partial charge on any atom is -0.316 e. The largest absolute Gasteiger partial charge is 0.316 e. The molecule has 0 aromatic carbocycles. The summed E-state index contributed by atoms with van der Waals surface area (Å²) in [5, 5.41) is 8.46. The molecular weight excluding hydrogens is 202 g/mol. The van der Waals surface area contributed by atoms with Gasteiger partial charge in [-0.1, -0.05) is 0 Å². The fraction of sp³-hybridized carbons (Fsp3) is 0.875. The molecule has 1 saturated heterocycles. The van der Waals surface area contributed by atoms with Gasteiger partial charge in [-0.3, -0.25) is 0 Å². The molecule has 6 heteroatoms. The third-order valence-electron chi connectivity index (χ3n) is 2.36. The fourth-order valence-electron chi connectivity index (χ4n) is 1.36. The number of nitrogens with zero attached hydrogens (tertiary/aromatic N) is 2. The molecule has 1 fully saturated rings. The first-order chi connectivity index (χ1) is 6.53. The highest BCUT2D eigenvalue weighted by molar-refractivity contribution is 7.91. The van der Waals surface area contributed by atoms with Crippen molar-refractivity contribution in [2.24, 2.45) is 5.73 Å². The van der Waals surface area contributed by atoms with E-state index in [0.29, 0.717) is 26.1 Å². The topological polar surface area (TPSA) is 87.2 Å². The molecule has 1 aliphatic heterocycles. The van der Waals surface area contributed by atoms with Crippen molar-refractivity contribution in [1.29, 1.82) is 5.26 Å². The van der Waals surface area contributed by atoms with Crippen LogP contribution in [-0.4, -0.2) is 50.5 Å². The van der Waals surface area contributed by atoms with E-state index >= 15 is 0 Å². The lowest BCUT2D eigenvalue weighted by Gasteiger charge is -2.26. The Morgan fingerprint density at radius 3 is 2.50 bits per heavy atom. The lowest BCUT2D eigenvalue weighted by molar-refractivity contribution is 0.288. The molecule has 0 radical (unpaired) electrons. The lowest BCUT2D eigenvalue weighted by atomic mass is 10.2. The Morgan fingerprint density at radius 2 is 2.00 bits per heavy atom. The van der Waals surface area contributed by atoms with Gasteiger partial charge in [0.05, 0.1) is 23.6 Å². The van der Waals surface area contributed by atoms with Crippen LogP contribution >= 0.6 is 0 Å². The van der Waals surface area contributed by atoms with Crippen molar-refractivity contribution in [1.82, 2.24) is 4.90 Å². The third-order valence-corrected chi connectivity index (χ3v) is 3.97. The molecule has 2 N–H and O–H groups in total. The van der Waals surface area contributed by atoms with Crippen molar-refractivity contribution < 1.29 is 8.42 Å². The normalized spacial score (nSPS) is 24.0. The number of nitrogens with two attached hydrogens (primary N) is 1. The number of rotatable bonds is 3. The Balaban J connectivity index is 2.27. The van der Waals surface area contributed by atoms with Gasteiger partial charge in [0, 0.05) is 19.6 Å². The summed E-state index contributed by atoms with van der Waals surface area (Å²) < 4.78 is 22.2. The van der Waals surface area contributed by atoms with Crippen LogP contribution < -0.4 is 5.73 Å². The van der Waals surface area contributed by atoms with Gasteiger partial charge in [-0.15, -0.1) is 0 Å². The van der Waals surface area contributed by atoms with Gasteiger partial charge in [0.2, 0.25) is 0 Å². The van der Waals surface area contributed by atoms with Crippen LogP contribution in [0.4, 0.5) is 0 Å². The Hall–Kier alpha value is -0.640. The summed E-state index contributed by atoms with van der Waals surface area (Å²) in [5.41, 5.74) is 5.44. The summed E-state index contributed by atoms with van der Waals surface area (Å²) in [6.45, 7) is 1.85. The standard InChI is InChI=1S/C8H15N3O2S/c9-7-8(10)1-2-11-3-5-14(12,13)6-4-11/h8H,1-6,10H2. The second kappa shape index (κ2) is 4.73. The number of hydrogen-bond donors (Lipinski definition) is 1. The molecule has 0 spiro atoms. The van der Waals surface area contributed by atoms with Gasteiger partial charge in [0.25, 0.3) is 0 Å². The van der Waals surface area contributed by atoms with Crippen molar-refractivity contribution >= 4 is 9.84 Å². The summed E-state index contributed by atoms with van der Waals surface area (Å²) >= 11 is 0. The molecule has 1 atom stereocenters. The highest BCUT2D eigenvalue weighted by Crippen LogP contribution is 2.04. The van der Waals surface area contributed by atoms with Gasteiger partial charge in [0.1, 0.15) is 0 Å². The summed E-state index contributed by atoms with van der Waals surface area (Å²) in [4.78, 5) is 2.04. The smallest absolute Gasteiger partial charge is 0.152 e. The van der Waals surface area contributed by atoms with Crippen molar-refractivity contribution in [3.8, 4) is 6.07 Å². The first-order valence-electron chi connectivity index (χ1n) is 4.61. The third kappa shape index (κ3) is 3.62. The number of sulfone groups is 1. The maximum atomic E-state index is 11.1. The second-order valence-corrected chi connectivity index (χ2v) is 5.82. The van der Waals surface area contributed by atoms with Crippen LogP contribution in [0.3, 0.4) is 0 Å². The van der Waals surface area contributed by atoms with Gasteiger partial charge < -0.3 is 10.6 Å². The quantitative estimate of drug-likeness (QED) is 0.652. The van der Waals surface area contributed by atoms with E-state index in [9.17, 15) is 8.42 Å². The minimum absolute atomic E-state index is 0.231. The van der Waals surface area contributed by atoms with Crippen LogP contribution in [0.1, 0.15) is 6.42 Å². The van der Waals surface area contributed by atoms with Crippen LogP contribution in [0.2, 0.25) is 0 Å². The van der Waals surface area contributed by atoms with Crippen molar-refractivity contribution in [3.05, 3.63) is 0 Å². The molecule has 80 valence electrons. The summed E-state index contributed by atoms with van der Waals surface area (Å²) in [6, 6.07) is 1.52. The SMILES string of the molecule is N#CC(N)CCN1CCS(=O)(=O)CC1. The maximum Gasteiger partial charge on any atom is 0.152 e. The van der Waals surface area contributed by atoms with E-state index in [-0.39, 0.29) is 11.5 Å². The molecule has 0 bridgehead atoms. The molecule has 0 aromatic heterocycles. The van der Waals surface area contributed by atoms with E-state index in [1.54, 1.807) is 0 Å². The Bertz CT molecular complexity index is 306. The second-order valence-electron chi connectivity index (χ2n) is 3.52. The Morgan fingerprint density at radius 1 is 1.43 bits per heavy atom. The molecule has 1 heterocycles. The summed E-state index contributed by atoms with van der Waals surface area (Å²) in [5.74, 6) is 0.462. The lowest BCUT2D eigenvalue weighted by Crippen LogP contribution is -2.41. The number of nitriles is 1. The zero-order valence-electron chi connectivity index (χ0n) is 8.02. The fourth-order valence-corrected chi connectivity index (χ4v) is 2.64.